The Kier molecular flexibility index (Phi) is 2.68. The van der Waals surface area contributed by atoms with Gasteiger partial charge in [0.2, 0.25) is 0 Å². The zero-order valence-corrected chi connectivity index (χ0v) is 10.2. The molecule has 0 aliphatic heterocycles. The predicted octanol–water partition coefficient (Wildman–Crippen LogP) is 2.59. The molecule has 1 aromatic carbocycles. The number of aromatic nitrogens is 3. The number of rotatable bonds is 3. The van der Waals surface area contributed by atoms with Gasteiger partial charge in [0.25, 0.3) is 0 Å². The molecule has 0 bridgehead atoms. The molecular formula is C14H14N4. The van der Waals surface area contributed by atoms with Gasteiger partial charge in [0.1, 0.15) is 11.8 Å². The highest BCUT2D eigenvalue weighted by atomic mass is 15.2. The fraction of sp³-hybridized carbons (Fsp3) is 0.143. The summed E-state index contributed by atoms with van der Waals surface area (Å²) in [7, 11) is 2.04. The van der Waals surface area contributed by atoms with Gasteiger partial charge >= 0.3 is 0 Å². The first-order valence-electron chi connectivity index (χ1n) is 5.88. The van der Waals surface area contributed by atoms with Crippen molar-refractivity contribution in [1.29, 1.82) is 0 Å². The molecule has 0 amide bonds. The summed E-state index contributed by atoms with van der Waals surface area (Å²) in [4.78, 5) is 13.9. The minimum absolute atomic E-state index is 0.825. The van der Waals surface area contributed by atoms with E-state index < -0.39 is 0 Å². The second-order valence-corrected chi connectivity index (χ2v) is 4.28. The van der Waals surface area contributed by atoms with Crippen molar-refractivity contribution in [3.63, 3.8) is 0 Å². The number of nitrogens with zero attached hydrogens (tertiary/aromatic N) is 3. The van der Waals surface area contributed by atoms with Crippen LogP contribution in [-0.2, 0) is 6.54 Å². The molecule has 3 rings (SSSR count). The van der Waals surface area contributed by atoms with E-state index in [4.69, 9.17) is 0 Å². The molecule has 0 aliphatic rings. The molecule has 18 heavy (non-hydrogen) atoms. The van der Waals surface area contributed by atoms with Gasteiger partial charge in [0, 0.05) is 19.8 Å². The Labute approximate surface area is 105 Å². The number of hydrogen-bond acceptors (Lipinski definition) is 3. The van der Waals surface area contributed by atoms with Gasteiger partial charge in [-0.05, 0) is 11.6 Å². The number of anilines is 1. The number of benzene rings is 1. The molecule has 0 radical (unpaired) electrons. The van der Waals surface area contributed by atoms with Crippen molar-refractivity contribution in [3.05, 3.63) is 54.5 Å². The lowest BCUT2D eigenvalue weighted by Gasteiger charge is -2.18. The van der Waals surface area contributed by atoms with Gasteiger partial charge in [0.15, 0.2) is 5.82 Å². The summed E-state index contributed by atoms with van der Waals surface area (Å²) in [6.07, 6.45) is 3.49. The summed E-state index contributed by atoms with van der Waals surface area (Å²) in [6.45, 7) is 0.825. The topological polar surface area (TPSA) is 44.8 Å². The monoisotopic (exact) mass is 238 g/mol. The van der Waals surface area contributed by atoms with E-state index in [2.05, 4.69) is 32.0 Å². The van der Waals surface area contributed by atoms with Crippen molar-refractivity contribution in [2.45, 2.75) is 6.54 Å². The van der Waals surface area contributed by atoms with E-state index in [1.54, 1.807) is 6.33 Å². The highest BCUT2D eigenvalue weighted by Crippen LogP contribution is 2.21. The minimum atomic E-state index is 0.825. The van der Waals surface area contributed by atoms with Gasteiger partial charge in [0.05, 0.1) is 5.52 Å². The maximum Gasteiger partial charge on any atom is 0.156 e. The number of hydrogen-bond donors (Lipinski definition) is 1. The van der Waals surface area contributed by atoms with Crippen LogP contribution in [0.1, 0.15) is 5.56 Å². The summed E-state index contributed by atoms with van der Waals surface area (Å²) in [5.74, 6) is 0.925. The van der Waals surface area contributed by atoms with Crippen LogP contribution in [0.15, 0.2) is 48.9 Å². The largest absolute Gasteiger partial charge is 0.357 e. The standard InChI is InChI=1S/C14H14N4/c1-18(9-11-5-3-2-4-6-11)14-13-12(7-8-15-13)16-10-17-14/h2-8,10,15H,9H2,1H3. The van der Waals surface area contributed by atoms with Crippen LogP contribution in [0, 0.1) is 0 Å². The van der Waals surface area contributed by atoms with Crippen LogP contribution < -0.4 is 4.90 Å². The molecule has 4 heteroatoms. The Balaban J connectivity index is 1.92. The maximum atomic E-state index is 4.36. The van der Waals surface area contributed by atoms with Crippen LogP contribution in [-0.4, -0.2) is 22.0 Å². The van der Waals surface area contributed by atoms with E-state index in [-0.39, 0.29) is 0 Å². The van der Waals surface area contributed by atoms with E-state index in [0.29, 0.717) is 0 Å². The van der Waals surface area contributed by atoms with E-state index in [1.807, 2.05) is 37.5 Å². The Morgan fingerprint density at radius 3 is 2.78 bits per heavy atom. The summed E-state index contributed by atoms with van der Waals surface area (Å²) in [5, 5.41) is 0. The predicted molar refractivity (Wildman–Crippen MR) is 72.4 cm³/mol. The average molecular weight is 238 g/mol. The van der Waals surface area contributed by atoms with Crippen LogP contribution in [0.4, 0.5) is 5.82 Å². The Morgan fingerprint density at radius 1 is 1.11 bits per heavy atom. The maximum absolute atomic E-state index is 4.36. The zero-order chi connectivity index (χ0) is 12.4. The van der Waals surface area contributed by atoms with Crippen molar-refractivity contribution in [2.75, 3.05) is 11.9 Å². The summed E-state index contributed by atoms with van der Waals surface area (Å²) in [6, 6.07) is 12.3. The molecule has 90 valence electrons. The molecule has 0 atom stereocenters. The van der Waals surface area contributed by atoms with Gasteiger partial charge in [-0.1, -0.05) is 30.3 Å². The van der Waals surface area contributed by atoms with Gasteiger partial charge in [-0.15, -0.1) is 0 Å². The van der Waals surface area contributed by atoms with Crippen LogP contribution in [0.2, 0.25) is 0 Å². The van der Waals surface area contributed by atoms with Gasteiger partial charge in [-0.2, -0.15) is 0 Å². The normalized spacial score (nSPS) is 10.7. The number of nitrogens with one attached hydrogen (secondary N) is 1. The number of H-pyrrole nitrogens is 1. The van der Waals surface area contributed by atoms with Gasteiger partial charge in [-0.25, -0.2) is 9.97 Å². The minimum Gasteiger partial charge on any atom is -0.357 e. The summed E-state index contributed by atoms with van der Waals surface area (Å²) >= 11 is 0. The van der Waals surface area contributed by atoms with Crippen LogP contribution in [0.3, 0.4) is 0 Å². The molecule has 4 nitrogen and oxygen atoms in total. The average Bonchev–Trinajstić information content (AvgIpc) is 2.87. The SMILES string of the molecule is CN(Cc1ccccc1)c1ncnc2cc[nH]c12. The van der Waals surface area contributed by atoms with Crippen molar-refractivity contribution in [2.24, 2.45) is 0 Å². The van der Waals surface area contributed by atoms with E-state index >= 15 is 0 Å². The molecular weight excluding hydrogens is 224 g/mol. The highest BCUT2D eigenvalue weighted by Gasteiger charge is 2.09. The third-order valence-corrected chi connectivity index (χ3v) is 2.95. The third kappa shape index (κ3) is 1.93. The second-order valence-electron chi connectivity index (χ2n) is 4.28. The molecule has 2 heterocycles. The lowest BCUT2D eigenvalue weighted by molar-refractivity contribution is 0.898. The first-order valence-corrected chi connectivity index (χ1v) is 5.88. The van der Waals surface area contributed by atoms with Crippen LogP contribution in [0.5, 0.6) is 0 Å². The molecule has 3 aromatic rings. The van der Waals surface area contributed by atoms with Crippen molar-refractivity contribution < 1.29 is 0 Å². The second kappa shape index (κ2) is 4.49. The van der Waals surface area contributed by atoms with Crippen molar-refractivity contribution >= 4 is 16.9 Å². The molecule has 0 saturated carbocycles. The van der Waals surface area contributed by atoms with E-state index in [1.165, 1.54) is 5.56 Å². The summed E-state index contributed by atoms with van der Waals surface area (Å²) in [5.41, 5.74) is 3.19. The van der Waals surface area contributed by atoms with Gasteiger partial charge < -0.3 is 9.88 Å². The molecule has 0 spiro atoms. The lowest BCUT2D eigenvalue weighted by atomic mass is 10.2. The fourth-order valence-corrected chi connectivity index (χ4v) is 2.08. The van der Waals surface area contributed by atoms with E-state index in [9.17, 15) is 0 Å². The van der Waals surface area contributed by atoms with Crippen LogP contribution in [0.25, 0.3) is 11.0 Å². The molecule has 0 saturated heterocycles. The lowest BCUT2D eigenvalue weighted by Crippen LogP contribution is -2.18. The fourth-order valence-electron chi connectivity index (χ4n) is 2.08. The van der Waals surface area contributed by atoms with Crippen LogP contribution >= 0.6 is 0 Å². The Bertz CT molecular complexity index is 645. The highest BCUT2D eigenvalue weighted by molar-refractivity contribution is 5.85. The third-order valence-electron chi connectivity index (χ3n) is 2.95. The van der Waals surface area contributed by atoms with Gasteiger partial charge in [-0.3, -0.25) is 0 Å². The quantitative estimate of drug-likeness (QED) is 0.762. The molecule has 0 fully saturated rings. The Hall–Kier alpha value is -2.36. The first-order chi connectivity index (χ1) is 8.84. The first kappa shape index (κ1) is 10.8. The zero-order valence-electron chi connectivity index (χ0n) is 10.2. The number of aromatic amines is 1. The molecule has 0 aliphatic carbocycles. The summed E-state index contributed by atoms with van der Waals surface area (Å²) < 4.78 is 0. The van der Waals surface area contributed by atoms with Crippen molar-refractivity contribution in [1.82, 2.24) is 15.0 Å². The van der Waals surface area contributed by atoms with E-state index in [0.717, 1.165) is 23.4 Å². The van der Waals surface area contributed by atoms with Crippen molar-refractivity contribution in [3.8, 4) is 0 Å². The molecule has 2 aromatic heterocycles. The molecule has 1 N–H and O–H groups in total. The smallest absolute Gasteiger partial charge is 0.156 e. The Morgan fingerprint density at radius 2 is 1.94 bits per heavy atom. The molecule has 0 unspecified atom stereocenters. The number of fused-ring (bicyclic) bond motifs is 1.